The molecule has 0 spiro atoms. The van der Waals surface area contributed by atoms with Crippen molar-refractivity contribution in [2.24, 2.45) is 0 Å². The molecule has 1 heterocycles. The van der Waals surface area contributed by atoms with Crippen LogP contribution in [0.1, 0.15) is 12.5 Å². The van der Waals surface area contributed by atoms with E-state index in [0.29, 0.717) is 25.7 Å². The molecule has 2 aromatic rings. The summed E-state index contributed by atoms with van der Waals surface area (Å²) in [5, 5.41) is 0. The number of thioether (sulfide) groups is 1. The van der Waals surface area contributed by atoms with E-state index in [-0.39, 0.29) is 5.56 Å². The lowest BCUT2D eigenvalue weighted by molar-refractivity contribution is 0.412. The van der Waals surface area contributed by atoms with Gasteiger partial charge in [0.25, 0.3) is 5.56 Å². The largest absolute Gasteiger partial charge is 0.495 e. The summed E-state index contributed by atoms with van der Waals surface area (Å²) in [6, 6.07) is 9.22. The molecule has 0 saturated carbocycles. The second kappa shape index (κ2) is 7.24. The van der Waals surface area contributed by atoms with Gasteiger partial charge in [-0.15, -0.1) is 11.8 Å². The quantitative estimate of drug-likeness (QED) is 0.745. The molecule has 0 saturated heterocycles. The summed E-state index contributed by atoms with van der Waals surface area (Å²) in [7, 11) is 1.58. The van der Waals surface area contributed by atoms with E-state index in [2.05, 4.69) is 15.9 Å². The molecular weight excluding hydrogens is 370 g/mol. The van der Waals surface area contributed by atoms with E-state index in [1.807, 2.05) is 37.3 Å². The minimum absolute atomic E-state index is 0.153. The van der Waals surface area contributed by atoms with Crippen LogP contribution in [0, 0.1) is 0 Å². The molecule has 0 unspecified atom stereocenters. The molecular formula is C15H14BrNO2S2. The minimum atomic E-state index is -0.153. The minimum Gasteiger partial charge on any atom is -0.495 e. The summed E-state index contributed by atoms with van der Waals surface area (Å²) in [5.74, 6) is 1.47. The van der Waals surface area contributed by atoms with Crippen LogP contribution in [0.2, 0.25) is 0 Å². The van der Waals surface area contributed by atoms with Crippen LogP contribution in [0.5, 0.6) is 5.75 Å². The standard InChI is InChI=1S/C15H14BrNO2S2/c1-3-21-15(20)13-10(16)8-9-17(14(13)18)11-6-4-5-7-12(11)19-2/h4-9H,3H2,1-2H3. The lowest BCUT2D eigenvalue weighted by Crippen LogP contribution is -2.24. The number of halogens is 1. The van der Waals surface area contributed by atoms with Gasteiger partial charge in [0.15, 0.2) is 0 Å². The van der Waals surface area contributed by atoms with Crippen LogP contribution < -0.4 is 10.3 Å². The molecule has 0 radical (unpaired) electrons. The Labute approximate surface area is 141 Å². The Bertz CT molecular complexity index is 728. The van der Waals surface area contributed by atoms with Gasteiger partial charge < -0.3 is 4.74 Å². The normalized spacial score (nSPS) is 10.4. The smallest absolute Gasteiger partial charge is 0.265 e. The zero-order valence-electron chi connectivity index (χ0n) is 11.6. The fraction of sp³-hybridized carbons (Fsp3) is 0.200. The van der Waals surface area contributed by atoms with Gasteiger partial charge in [0, 0.05) is 10.7 Å². The van der Waals surface area contributed by atoms with Crippen molar-refractivity contribution in [2.45, 2.75) is 6.92 Å². The van der Waals surface area contributed by atoms with Crippen molar-refractivity contribution < 1.29 is 4.74 Å². The molecule has 0 atom stereocenters. The highest BCUT2D eigenvalue weighted by molar-refractivity contribution is 9.10. The van der Waals surface area contributed by atoms with Crippen molar-refractivity contribution in [1.29, 1.82) is 0 Å². The third kappa shape index (κ3) is 3.39. The van der Waals surface area contributed by atoms with E-state index in [0.717, 1.165) is 5.75 Å². The molecule has 6 heteroatoms. The van der Waals surface area contributed by atoms with E-state index in [4.69, 9.17) is 17.0 Å². The first-order valence-electron chi connectivity index (χ1n) is 6.31. The van der Waals surface area contributed by atoms with E-state index in [1.165, 1.54) is 11.8 Å². The zero-order valence-corrected chi connectivity index (χ0v) is 14.8. The van der Waals surface area contributed by atoms with Crippen LogP contribution >= 0.6 is 39.9 Å². The first-order valence-corrected chi connectivity index (χ1v) is 8.50. The van der Waals surface area contributed by atoms with Crippen molar-refractivity contribution in [1.82, 2.24) is 4.57 Å². The lowest BCUT2D eigenvalue weighted by Gasteiger charge is -2.13. The van der Waals surface area contributed by atoms with Gasteiger partial charge in [-0.1, -0.05) is 31.3 Å². The van der Waals surface area contributed by atoms with Crippen molar-refractivity contribution >= 4 is 44.1 Å². The average Bonchev–Trinajstić information content (AvgIpc) is 2.48. The Balaban J connectivity index is 2.64. The molecule has 0 amide bonds. The topological polar surface area (TPSA) is 31.2 Å². The number of thiocarbonyl (C=S) groups is 1. The maximum atomic E-state index is 12.8. The molecule has 1 aromatic carbocycles. The van der Waals surface area contributed by atoms with Gasteiger partial charge in [-0.3, -0.25) is 9.36 Å². The molecule has 110 valence electrons. The van der Waals surface area contributed by atoms with E-state index >= 15 is 0 Å². The molecule has 0 fully saturated rings. The van der Waals surface area contributed by atoms with Crippen LogP contribution in [0.25, 0.3) is 5.69 Å². The molecule has 0 aliphatic heterocycles. The van der Waals surface area contributed by atoms with Crippen LogP contribution in [0.15, 0.2) is 45.8 Å². The fourth-order valence-corrected chi connectivity index (χ4v) is 3.82. The number of methoxy groups -OCH3 is 1. The SMILES string of the molecule is CCSC(=S)c1c(Br)ccn(-c2ccccc2OC)c1=O. The van der Waals surface area contributed by atoms with Crippen LogP contribution in [0.4, 0.5) is 0 Å². The number of ether oxygens (including phenoxy) is 1. The average molecular weight is 384 g/mol. The lowest BCUT2D eigenvalue weighted by atomic mass is 10.2. The first kappa shape index (κ1) is 16.3. The Morgan fingerprint density at radius 3 is 2.76 bits per heavy atom. The van der Waals surface area contributed by atoms with Gasteiger partial charge in [0.05, 0.1) is 22.6 Å². The fourth-order valence-electron chi connectivity index (χ4n) is 1.92. The summed E-state index contributed by atoms with van der Waals surface area (Å²) in [4.78, 5) is 12.8. The van der Waals surface area contributed by atoms with Gasteiger partial charge >= 0.3 is 0 Å². The number of aromatic nitrogens is 1. The summed E-state index contributed by atoms with van der Waals surface area (Å²) < 4.78 is 8.19. The van der Waals surface area contributed by atoms with Crippen molar-refractivity contribution in [3.8, 4) is 11.4 Å². The van der Waals surface area contributed by atoms with E-state index in [9.17, 15) is 4.79 Å². The summed E-state index contributed by atoms with van der Waals surface area (Å²) in [6.45, 7) is 2.01. The second-order valence-corrected chi connectivity index (χ2v) is 6.90. The first-order chi connectivity index (χ1) is 10.1. The Kier molecular flexibility index (Phi) is 5.61. The molecule has 0 N–H and O–H groups in total. The monoisotopic (exact) mass is 383 g/mol. The summed E-state index contributed by atoms with van der Waals surface area (Å²) in [5.41, 5.74) is 1.06. The second-order valence-electron chi connectivity index (χ2n) is 4.11. The van der Waals surface area contributed by atoms with Gasteiger partial charge in [-0.25, -0.2) is 0 Å². The molecule has 0 bridgehead atoms. The molecule has 0 aliphatic rings. The van der Waals surface area contributed by atoms with Gasteiger partial charge in [-0.05, 0) is 39.9 Å². The van der Waals surface area contributed by atoms with Crippen molar-refractivity contribution in [3.05, 3.63) is 56.9 Å². The van der Waals surface area contributed by atoms with E-state index in [1.54, 1.807) is 17.9 Å². The van der Waals surface area contributed by atoms with Crippen molar-refractivity contribution in [2.75, 3.05) is 12.9 Å². The Hall–Kier alpha value is -1.11. The number of hydrogen-bond donors (Lipinski definition) is 0. The number of para-hydroxylation sites is 2. The van der Waals surface area contributed by atoms with Crippen LogP contribution in [-0.2, 0) is 0 Å². The third-order valence-electron chi connectivity index (χ3n) is 2.87. The summed E-state index contributed by atoms with van der Waals surface area (Å²) in [6.07, 6.45) is 1.72. The van der Waals surface area contributed by atoms with Gasteiger partial charge in [-0.2, -0.15) is 0 Å². The zero-order chi connectivity index (χ0) is 15.4. The molecule has 1 aromatic heterocycles. The molecule has 21 heavy (non-hydrogen) atoms. The maximum Gasteiger partial charge on any atom is 0.265 e. The number of rotatable bonds is 4. The maximum absolute atomic E-state index is 12.8. The molecule has 2 rings (SSSR count). The van der Waals surface area contributed by atoms with E-state index < -0.39 is 0 Å². The highest BCUT2D eigenvalue weighted by Gasteiger charge is 2.15. The highest BCUT2D eigenvalue weighted by Crippen LogP contribution is 2.24. The van der Waals surface area contributed by atoms with Crippen LogP contribution in [0.3, 0.4) is 0 Å². The highest BCUT2D eigenvalue weighted by atomic mass is 79.9. The number of nitrogens with zero attached hydrogens (tertiary/aromatic N) is 1. The molecule has 3 nitrogen and oxygen atoms in total. The van der Waals surface area contributed by atoms with Gasteiger partial charge in [0.1, 0.15) is 5.75 Å². The van der Waals surface area contributed by atoms with Crippen LogP contribution in [-0.4, -0.2) is 21.6 Å². The number of pyridine rings is 1. The predicted molar refractivity (Wildman–Crippen MR) is 96.1 cm³/mol. The van der Waals surface area contributed by atoms with Crippen molar-refractivity contribution in [3.63, 3.8) is 0 Å². The molecule has 0 aliphatic carbocycles. The van der Waals surface area contributed by atoms with Gasteiger partial charge in [0.2, 0.25) is 0 Å². The Morgan fingerprint density at radius 1 is 1.38 bits per heavy atom. The summed E-state index contributed by atoms with van der Waals surface area (Å²) >= 11 is 10.3. The predicted octanol–water partition coefficient (Wildman–Crippen LogP) is 4.04. The number of hydrogen-bond acceptors (Lipinski definition) is 4. The number of benzene rings is 1. The third-order valence-corrected chi connectivity index (χ3v) is 4.84. The Morgan fingerprint density at radius 2 is 2.10 bits per heavy atom.